The van der Waals surface area contributed by atoms with Crippen molar-refractivity contribution in [2.24, 2.45) is 0 Å². The maximum atomic E-state index is 12.4. The minimum Gasteiger partial charge on any atom is -0.351 e. The Kier molecular flexibility index (Phi) is 4.18. The third kappa shape index (κ3) is 3.13. The van der Waals surface area contributed by atoms with Crippen LogP contribution < -0.4 is 10.9 Å². The first-order valence-corrected chi connectivity index (χ1v) is 7.41. The first kappa shape index (κ1) is 15.0. The van der Waals surface area contributed by atoms with Crippen molar-refractivity contribution in [3.05, 3.63) is 64.5 Å². The predicted octanol–water partition coefficient (Wildman–Crippen LogP) is 1.02. The number of pyridine rings is 1. The van der Waals surface area contributed by atoms with Gasteiger partial charge in [-0.25, -0.2) is 9.67 Å². The zero-order chi connectivity index (χ0) is 16.2. The summed E-state index contributed by atoms with van der Waals surface area (Å²) >= 11 is 0. The second kappa shape index (κ2) is 6.43. The number of aryl methyl sites for hydroxylation is 2. The van der Waals surface area contributed by atoms with E-state index in [9.17, 15) is 9.59 Å². The molecule has 23 heavy (non-hydrogen) atoms. The van der Waals surface area contributed by atoms with E-state index in [0.717, 1.165) is 5.65 Å². The van der Waals surface area contributed by atoms with Crippen LogP contribution in [-0.4, -0.2) is 31.6 Å². The summed E-state index contributed by atoms with van der Waals surface area (Å²) in [4.78, 5) is 28.3. The standard InChI is InChI=1S/C16H17N5O2/c1-12-15(20-10-3-2-6-13(20)19-12)16(23)17-8-5-11-21-14(22)7-4-9-18-21/h2-4,6-7,9-10H,5,8,11H2,1H3,(H,17,23). The molecule has 0 saturated heterocycles. The number of nitrogens with one attached hydrogen (secondary N) is 1. The molecule has 118 valence electrons. The van der Waals surface area contributed by atoms with Crippen LogP contribution in [0, 0.1) is 6.92 Å². The van der Waals surface area contributed by atoms with E-state index in [-0.39, 0.29) is 11.5 Å². The van der Waals surface area contributed by atoms with Gasteiger partial charge in [-0.15, -0.1) is 0 Å². The van der Waals surface area contributed by atoms with E-state index in [1.165, 1.54) is 10.7 Å². The van der Waals surface area contributed by atoms with E-state index < -0.39 is 0 Å². The number of aromatic nitrogens is 4. The van der Waals surface area contributed by atoms with Gasteiger partial charge in [0.15, 0.2) is 0 Å². The number of fused-ring (bicyclic) bond motifs is 1. The van der Waals surface area contributed by atoms with Crippen LogP contribution in [0.25, 0.3) is 5.65 Å². The van der Waals surface area contributed by atoms with Gasteiger partial charge in [0.1, 0.15) is 11.3 Å². The van der Waals surface area contributed by atoms with Crippen LogP contribution in [0.4, 0.5) is 0 Å². The molecule has 0 aliphatic rings. The minimum absolute atomic E-state index is 0.142. The van der Waals surface area contributed by atoms with Crippen LogP contribution >= 0.6 is 0 Å². The summed E-state index contributed by atoms with van der Waals surface area (Å²) in [5, 5.41) is 6.84. The number of amides is 1. The molecule has 3 rings (SSSR count). The van der Waals surface area contributed by atoms with E-state index in [4.69, 9.17) is 0 Å². The lowest BCUT2D eigenvalue weighted by molar-refractivity contribution is 0.0946. The Balaban J connectivity index is 1.62. The smallest absolute Gasteiger partial charge is 0.270 e. The van der Waals surface area contributed by atoms with Crippen LogP contribution in [0.15, 0.2) is 47.5 Å². The van der Waals surface area contributed by atoms with Gasteiger partial charge in [-0.2, -0.15) is 5.10 Å². The van der Waals surface area contributed by atoms with Crippen molar-refractivity contribution >= 4 is 11.6 Å². The second-order valence-electron chi connectivity index (χ2n) is 5.17. The number of carbonyl (C=O) groups excluding carboxylic acids is 1. The number of hydrogen-bond donors (Lipinski definition) is 1. The third-order valence-electron chi connectivity index (χ3n) is 3.54. The maximum Gasteiger partial charge on any atom is 0.270 e. The van der Waals surface area contributed by atoms with Gasteiger partial charge in [0.05, 0.1) is 5.69 Å². The molecule has 0 aromatic carbocycles. The largest absolute Gasteiger partial charge is 0.351 e. The monoisotopic (exact) mass is 311 g/mol. The molecule has 3 aromatic heterocycles. The molecule has 3 aromatic rings. The van der Waals surface area contributed by atoms with E-state index in [1.54, 1.807) is 16.7 Å². The van der Waals surface area contributed by atoms with E-state index in [1.807, 2.05) is 31.3 Å². The highest BCUT2D eigenvalue weighted by Gasteiger charge is 2.15. The highest BCUT2D eigenvalue weighted by atomic mass is 16.2. The fourth-order valence-corrected chi connectivity index (χ4v) is 2.46. The summed E-state index contributed by atoms with van der Waals surface area (Å²) in [6, 6.07) is 8.67. The molecule has 0 unspecified atom stereocenters. The average molecular weight is 311 g/mol. The molecule has 0 spiro atoms. The van der Waals surface area contributed by atoms with E-state index >= 15 is 0 Å². The molecular weight excluding hydrogens is 294 g/mol. The number of rotatable bonds is 5. The van der Waals surface area contributed by atoms with Gasteiger partial charge in [-0.3, -0.25) is 14.0 Å². The second-order valence-corrected chi connectivity index (χ2v) is 5.17. The predicted molar refractivity (Wildman–Crippen MR) is 85.4 cm³/mol. The van der Waals surface area contributed by atoms with Crippen molar-refractivity contribution in [3.8, 4) is 0 Å². The number of nitrogens with zero attached hydrogens (tertiary/aromatic N) is 4. The Morgan fingerprint density at radius 1 is 1.26 bits per heavy atom. The molecule has 0 aliphatic heterocycles. The third-order valence-corrected chi connectivity index (χ3v) is 3.54. The van der Waals surface area contributed by atoms with Crippen LogP contribution in [-0.2, 0) is 6.54 Å². The number of carbonyl (C=O) groups is 1. The van der Waals surface area contributed by atoms with E-state index in [2.05, 4.69) is 15.4 Å². The van der Waals surface area contributed by atoms with Crippen molar-refractivity contribution in [1.29, 1.82) is 0 Å². The Morgan fingerprint density at radius 2 is 2.13 bits per heavy atom. The molecule has 0 atom stereocenters. The summed E-state index contributed by atoms with van der Waals surface area (Å²) in [5.74, 6) is -0.172. The molecular formula is C16H17N5O2. The quantitative estimate of drug-likeness (QED) is 0.713. The van der Waals surface area contributed by atoms with Gasteiger partial charge in [0.25, 0.3) is 11.5 Å². The fourth-order valence-electron chi connectivity index (χ4n) is 2.46. The number of imidazole rings is 1. The fraction of sp³-hybridized carbons (Fsp3) is 0.250. The van der Waals surface area contributed by atoms with E-state index in [0.29, 0.717) is 30.9 Å². The highest BCUT2D eigenvalue weighted by molar-refractivity contribution is 5.94. The molecule has 0 radical (unpaired) electrons. The SMILES string of the molecule is Cc1nc2ccccn2c1C(=O)NCCCn1ncccc1=O. The lowest BCUT2D eigenvalue weighted by atomic mass is 10.3. The van der Waals surface area contributed by atoms with Crippen LogP contribution in [0.1, 0.15) is 22.6 Å². The molecule has 7 nitrogen and oxygen atoms in total. The Labute approximate surface area is 132 Å². The minimum atomic E-state index is -0.172. The first-order valence-electron chi connectivity index (χ1n) is 7.41. The normalized spacial score (nSPS) is 10.8. The zero-order valence-corrected chi connectivity index (χ0v) is 12.8. The summed E-state index contributed by atoms with van der Waals surface area (Å²) < 4.78 is 3.15. The highest BCUT2D eigenvalue weighted by Crippen LogP contribution is 2.11. The van der Waals surface area contributed by atoms with Gasteiger partial charge < -0.3 is 5.32 Å². The topological polar surface area (TPSA) is 81.3 Å². The van der Waals surface area contributed by atoms with Gasteiger partial charge in [0.2, 0.25) is 0 Å². The lowest BCUT2D eigenvalue weighted by Gasteiger charge is -2.07. The van der Waals surface area contributed by atoms with Crippen molar-refractivity contribution in [3.63, 3.8) is 0 Å². The Hall–Kier alpha value is -2.96. The summed E-state index contributed by atoms with van der Waals surface area (Å²) in [7, 11) is 0. The van der Waals surface area contributed by atoms with Crippen molar-refractivity contribution in [2.75, 3.05) is 6.54 Å². The van der Waals surface area contributed by atoms with Gasteiger partial charge in [-0.05, 0) is 31.5 Å². The number of hydrogen-bond acceptors (Lipinski definition) is 4. The summed E-state index contributed by atoms with van der Waals surface area (Å²) in [6.07, 6.45) is 4.01. The van der Waals surface area contributed by atoms with Crippen LogP contribution in [0.3, 0.4) is 0 Å². The van der Waals surface area contributed by atoms with Gasteiger partial charge >= 0.3 is 0 Å². The van der Waals surface area contributed by atoms with Crippen molar-refractivity contribution in [2.45, 2.75) is 19.9 Å². The van der Waals surface area contributed by atoms with Crippen LogP contribution in [0.5, 0.6) is 0 Å². The van der Waals surface area contributed by atoms with Crippen molar-refractivity contribution < 1.29 is 4.79 Å². The molecule has 1 amide bonds. The summed E-state index contributed by atoms with van der Waals surface area (Å²) in [5.41, 5.74) is 1.83. The molecule has 0 saturated carbocycles. The van der Waals surface area contributed by atoms with Crippen molar-refractivity contribution in [1.82, 2.24) is 24.5 Å². The Morgan fingerprint density at radius 3 is 2.96 bits per heavy atom. The lowest BCUT2D eigenvalue weighted by Crippen LogP contribution is -2.28. The van der Waals surface area contributed by atoms with Gasteiger partial charge in [-0.1, -0.05) is 6.07 Å². The maximum absolute atomic E-state index is 12.4. The molecule has 0 fully saturated rings. The molecule has 1 N–H and O–H groups in total. The average Bonchev–Trinajstić information content (AvgIpc) is 2.88. The zero-order valence-electron chi connectivity index (χ0n) is 12.8. The molecule has 0 bridgehead atoms. The molecule has 7 heteroatoms. The Bertz CT molecular complexity index is 897. The summed E-state index contributed by atoms with van der Waals surface area (Å²) in [6.45, 7) is 2.74. The van der Waals surface area contributed by atoms with Crippen LogP contribution in [0.2, 0.25) is 0 Å². The van der Waals surface area contributed by atoms with Gasteiger partial charge in [0, 0.05) is 31.5 Å². The first-order chi connectivity index (χ1) is 11.2. The molecule has 0 aliphatic carbocycles. The molecule has 3 heterocycles.